The third kappa shape index (κ3) is 8.10. The van der Waals surface area contributed by atoms with Crippen molar-refractivity contribution in [2.24, 2.45) is 14.1 Å². The number of amides is 1. The van der Waals surface area contributed by atoms with Gasteiger partial charge >= 0.3 is 12.3 Å². The van der Waals surface area contributed by atoms with Gasteiger partial charge in [-0.05, 0) is 62.7 Å². The van der Waals surface area contributed by atoms with Crippen LogP contribution in [0.1, 0.15) is 50.9 Å². The summed E-state index contributed by atoms with van der Waals surface area (Å²) in [6.07, 6.45) is -1.66. The first kappa shape index (κ1) is 32.4. The van der Waals surface area contributed by atoms with Crippen molar-refractivity contribution >= 4 is 11.9 Å². The zero-order valence-electron chi connectivity index (χ0n) is 25.0. The van der Waals surface area contributed by atoms with E-state index in [0.717, 1.165) is 11.4 Å². The average Bonchev–Trinajstić information content (AvgIpc) is 3.55. The van der Waals surface area contributed by atoms with Gasteiger partial charge in [0.15, 0.2) is 5.69 Å². The molecule has 14 heteroatoms. The van der Waals surface area contributed by atoms with Crippen molar-refractivity contribution in [2.75, 3.05) is 0 Å². The molecule has 1 atom stereocenters. The molecule has 0 saturated carbocycles. The van der Waals surface area contributed by atoms with E-state index in [2.05, 4.69) is 30.2 Å². The molecule has 0 aliphatic rings. The lowest BCUT2D eigenvalue weighted by Gasteiger charge is -2.16. The average molecular weight is 622 g/mol. The van der Waals surface area contributed by atoms with E-state index in [1.165, 1.54) is 39.8 Å². The number of benzene rings is 1. The first-order chi connectivity index (χ1) is 21.2. The summed E-state index contributed by atoms with van der Waals surface area (Å²) in [7, 11) is 3.25. The van der Waals surface area contributed by atoms with Crippen LogP contribution in [0.25, 0.3) is 22.5 Å². The van der Waals surface area contributed by atoms with Crippen molar-refractivity contribution in [3.05, 3.63) is 101 Å². The minimum Gasteiger partial charge on any atom is -0.477 e. The van der Waals surface area contributed by atoms with Gasteiger partial charge in [0.2, 0.25) is 0 Å². The highest BCUT2D eigenvalue weighted by Gasteiger charge is 2.31. The molecule has 0 aliphatic heterocycles. The van der Waals surface area contributed by atoms with E-state index in [9.17, 15) is 22.8 Å². The third-order valence-corrected chi connectivity index (χ3v) is 6.59. The van der Waals surface area contributed by atoms with Gasteiger partial charge in [-0.15, -0.1) is 13.2 Å². The number of aromatic carboxylic acids is 1. The van der Waals surface area contributed by atoms with Crippen molar-refractivity contribution in [3.63, 3.8) is 0 Å². The maximum absolute atomic E-state index is 12.9. The van der Waals surface area contributed by atoms with Crippen molar-refractivity contribution < 1.29 is 32.6 Å². The van der Waals surface area contributed by atoms with Crippen LogP contribution >= 0.6 is 0 Å². The number of carbonyl (C=O) groups excluding carboxylic acids is 1. The van der Waals surface area contributed by atoms with Crippen LogP contribution in [0.5, 0.6) is 5.75 Å². The molecule has 1 amide bonds. The molecule has 4 heterocycles. The highest BCUT2D eigenvalue weighted by molar-refractivity contribution is 5.99. The van der Waals surface area contributed by atoms with E-state index in [0.29, 0.717) is 33.8 Å². The largest absolute Gasteiger partial charge is 0.573 e. The summed E-state index contributed by atoms with van der Waals surface area (Å²) in [5.74, 6) is -1.69. The fourth-order valence-corrected chi connectivity index (χ4v) is 4.47. The second-order valence-corrected chi connectivity index (χ2v) is 10.0. The Morgan fingerprint density at radius 2 is 1.31 bits per heavy atom. The van der Waals surface area contributed by atoms with Crippen LogP contribution in [0.4, 0.5) is 13.2 Å². The van der Waals surface area contributed by atoms with Gasteiger partial charge in [0.1, 0.15) is 11.4 Å². The number of hydrogen-bond acceptors (Lipinski definition) is 7. The fourth-order valence-electron chi connectivity index (χ4n) is 4.47. The van der Waals surface area contributed by atoms with Crippen LogP contribution in [-0.4, -0.2) is 52.9 Å². The van der Waals surface area contributed by atoms with Gasteiger partial charge in [0.25, 0.3) is 5.91 Å². The van der Waals surface area contributed by atoms with E-state index >= 15 is 0 Å². The molecule has 2 N–H and O–H groups in total. The number of aromatic nitrogens is 6. The minimum atomic E-state index is -4.75. The van der Waals surface area contributed by atoms with Crippen LogP contribution < -0.4 is 10.1 Å². The van der Waals surface area contributed by atoms with Gasteiger partial charge in [0.05, 0.1) is 41.0 Å². The van der Waals surface area contributed by atoms with Crippen molar-refractivity contribution in [1.29, 1.82) is 0 Å². The number of hydrogen-bond donors (Lipinski definition) is 2. The Labute approximate surface area is 256 Å². The lowest BCUT2D eigenvalue weighted by Crippen LogP contribution is -2.29. The molecule has 0 aliphatic carbocycles. The molecule has 11 nitrogen and oxygen atoms in total. The molecular weight excluding hydrogens is 591 g/mol. The number of carboxylic acid groups (broad SMARTS) is 1. The molecule has 0 bridgehead atoms. The number of nitrogens with one attached hydrogen (secondary N) is 1. The summed E-state index contributed by atoms with van der Waals surface area (Å²) in [4.78, 5) is 32.7. The molecule has 0 radical (unpaired) electrons. The second-order valence-electron chi connectivity index (χ2n) is 10.0. The van der Waals surface area contributed by atoms with Crippen molar-refractivity contribution in [1.82, 2.24) is 34.8 Å². The number of alkyl halides is 3. The lowest BCUT2D eigenvalue weighted by atomic mass is 10.1. The topological polar surface area (TPSA) is 137 Å². The SMILES string of the molecule is Cc1cccc(-c2cnn(C)c2C(=O)NC(C)c2ccc(OC(F)(F)F)cc2)n1.Cc1cccc(-c2cnn(C)c2C(=O)O)n1. The highest BCUT2D eigenvalue weighted by Crippen LogP contribution is 2.26. The predicted octanol–water partition coefficient (Wildman–Crippen LogP) is 5.67. The van der Waals surface area contributed by atoms with Gasteiger partial charge in [-0.1, -0.05) is 24.3 Å². The normalized spacial score (nSPS) is 11.7. The van der Waals surface area contributed by atoms with Crippen LogP contribution in [0.2, 0.25) is 0 Å². The molecule has 45 heavy (non-hydrogen) atoms. The van der Waals surface area contributed by atoms with Gasteiger partial charge in [-0.25, -0.2) is 4.79 Å². The molecule has 0 fully saturated rings. The third-order valence-electron chi connectivity index (χ3n) is 6.59. The van der Waals surface area contributed by atoms with E-state index < -0.39 is 18.4 Å². The molecule has 1 aromatic carbocycles. The van der Waals surface area contributed by atoms with Crippen molar-refractivity contribution in [2.45, 2.75) is 33.2 Å². The van der Waals surface area contributed by atoms with Crippen LogP contribution in [-0.2, 0) is 14.1 Å². The molecule has 1 unspecified atom stereocenters. The number of rotatable bonds is 7. The molecule has 4 aromatic heterocycles. The lowest BCUT2D eigenvalue weighted by molar-refractivity contribution is -0.274. The fraction of sp³-hybridized carbons (Fsp3) is 0.226. The number of nitrogens with zero attached hydrogens (tertiary/aromatic N) is 6. The molecular formula is C31H30F3N7O4. The Balaban J connectivity index is 0.000000242. The predicted molar refractivity (Wildman–Crippen MR) is 158 cm³/mol. The van der Waals surface area contributed by atoms with Crippen LogP contribution in [0.15, 0.2) is 73.1 Å². The van der Waals surface area contributed by atoms with Gasteiger partial charge < -0.3 is 15.2 Å². The maximum atomic E-state index is 12.9. The Hall–Kier alpha value is -5.53. The van der Waals surface area contributed by atoms with Crippen LogP contribution in [0.3, 0.4) is 0 Å². The monoisotopic (exact) mass is 621 g/mol. The quantitative estimate of drug-likeness (QED) is 0.237. The molecule has 5 rings (SSSR count). The van der Waals surface area contributed by atoms with Gasteiger partial charge in [-0.3, -0.25) is 24.1 Å². The number of pyridine rings is 2. The maximum Gasteiger partial charge on any atom is 0.573 e. The highest BCUT2D eigenvalue weighted by atomic mass is 19.4. The summed E-state index contributed by atoms with van der Waals surface area (Å²) in [5, 5.41) is 20.0. The van der Waals surface area contributed by atoms with Gasteiger partial charge in [0, 0.05) is 25.5 Å². The first-order valence-corrected chi connectivity index (χ1v) is 13.6. The van der Waals surface area contributed by atoms with Crippen molar-refractivity contribution in [3.8, 4) is 28.3 Å². The van der Waals surface area contributed by atoms with E-state index in [1.807, 2.05) is 38.1 Å². The number of aryl methyl sites for hydroxylation is 4. The summed E-state index contributed by atoms with van der Waals surface area (Å²) in [5.41, 5.74) is 5.17. The van der Waals surface area contributed by atoms with E-state index in [4.69, 9.17) is 5.11 Å². The molecule has 5 aromatic rings. The number of carbonyl (C=O) groups is 2. The summed E-state index contributed by atoms with van der Waals surface area (Å²) in [6.45, 7) is 5.45. The van der Waals surface area contributed by atoms with Gasteiger partial charge in [-0.2, -0.15) is 10.2 Å². The molecule has 234 valence electrons. The van der Waals surface area contributed by atoms with E-state index in [-0.39, 0.29) is 17.4 Å². The first-order valence-electron chi connectivity index (χ1n) is 13.6. The number of ether oxygens (including phenoxy) is 1. The van der Waals surface area contributed by atoms with E-state index in [1.54, 1.807) is 39.3 Å². The Kier molecular flexibility index (Phi) is 9.65. The van der Waals surface area contributed by atoms with Crippen LogP contribution in [0, 0.1) is 13.8 Å². The smallest absolute Gasteiger partial charge is 0.477 e. The summed E-state index contributed by atoms with van der Waals surface area (Å²) < 4.78 is 43.5. The molecule has 0 saturated heterocycles. The second kappa shape index (κ2) is 13.4. The Bertz CT molecular complexity index is 1810. The summed E-state index contributed by atoms with van der Waals surface area (Å²) in [6, 6.07) is 15.9. The number of halogens is 3. The standard InChI is InChI=1S/C20H19F3N4O2.C11H11N3O2/c1-12-5-4-6-17(25-12)16-11-24-27(3)18(16)19(28)26-13(2)14-7-9-15(10-8-14)29-20(21,22)23;1-7-4-3-5-9(13-7)8-6-12-14(2)10(8)11(15)16/h4-11,13H,1-3H3,(H,26,28);3-6H,1-2H3,(H,15,16). The Morgan fingerprint density at radius 3 is 1.78 bits per heavy atom. The minimum absolute atomic E-state index is 0.151. The number of carboxylic acids is 1. The zero-order chi connectivity index (χ0) is 32.9. The summed E-state index contributed by atoms with van der Waals surface area (Å²) >= 11 is 0. The Morgan fingerprint density at radius 1 is 0.822 bits per heavy atom. The molecule has 0 spiro atoms. The zero-order valence-corrected chi connectivity index (χ0v) is 25.0.